The number of carboxylic acid groups (broad SMARTS) is 1. The number of carbonyl (C=O) groups excluding carboxylic acids is 2. The normalized spacial score (nSPS) is 11.9. The Morgan fingerprint density at radius 3 is 2.63 bits per heavy atom. The van der Waals surface area contributed by atoms with Gasteiger partial charge in [0.25, 0.3) is 5.91 Å². The summed E-state index contributed by atoms with van der Waals surface area (Å²) in [6, 6.07) is 0.242. The van der Waals surface area contributed by atoms with Crippen LogP contribution in [0.4, 0.5) is 0 Å². The number of nitrogens with zero attached hydrogens (tertiary/aromatic N) is 1. The van der Waals surface area contributed by atoms with E-state index in [1.165, 1.54) is 0 Å². The Labute approximate surface area is 117 Å². The maximum atomic E-state index is 12.0. The third-order valence-electron chi connectivity index (χ3n) is 2.45. The number of rotatable bonds is 6. The van der Waals surface area contributed by atoms with Gasteiger partial charge in [0.2, 0.25) is 5.91 Å². The van der Waals surface area contributed by atoms with Gasteiger partial charge in [0, 0.05) is 17.2 Å². The molecule has 0 aliphatic heterocycles. The first-order valence-corrected chi connectivity index (χ1v) is 6.32. The summed E-state index contributed by atoms with van der Waals surface area (Å²) in [5.74, 6) is -2.67. The Morgan fingerprint density at radius 1 is 1.53 bits per heavy atom. The van der Waals surface area contributed by atoms with E-state index in [-0.39, 0.29) is 0 Å². The van der Waals surface area contributed by atoms with Crippen LogP contribution in [-0.4, -0.2) is 33.5 Å². The smallest absolute Gasteiger partial charge is 0.326 e. The average Bonchev–Trinajstić information content (AvgIpc) is 2.68. The summed E-state index contributed by atoms with van der Waals surface area (Å²) in [4.78, 5) is 33.6. The first kappa shape index (κ1) is 15.2. The van der Waals surface area contributed by atoms with Gasteiger partial charge < -0.3 is 20.7 Å². The Morgan fingerprint density at radius 2 is 2.16 bits per heavy atom. The molecule has 0 saturated heterocycles. The minimum absolute atomic E-state index is 0.310. The quantitative estimate of drug-likeness (QED) is 0.696. The molecule has 104 valence electrons. The van der Waals surface area contributed by atoms with Crippen LogP contribution < -0.4 is 11.1 Å². The topological polar surface area (TPSA) is 114 Å². The van der Waals surface area contributed by atoms with Crippen LogP contribution in [0.2, 0.25) is 0 Å². The molecule has 1 atom stereocenters. The number of nitrogens with two attached hydrogens (primary N) is 1. The lowest BCUT2D eigenvalue weighted by atomic mass is 10.2. The van der Waals surface area contributed by atoms with Crippen LogP contribution in [0.3, 0.4) is 0 Å². The third-order valence-corrected chi connectivity index (χ3v) is 2.88. The minimum Gasteiger partial charge on any atom is -0.480 e. The van der Waals surface area contributed by atoms with Gasteiger partial charge in [0.1, 0.15) is 11.7 Å². The van der Waals surface area contributed by atoms with E-state index in [0.717, 1.165) is 0 Å². The van der Waals surface area contributed by atoms with Crippen molar-refractivity contribution in [3.8, 4) is 0 Å². The van der Waals surface area contributed by atoms with E-state index in [1.807, 2.05) is 6.92 Å². The number of hydrogen-bond acceptors (Lipinski definition) is 3. The first-order valence-electron chi connectivity index (χ1n) is 5.52. The molecular weight excluding hydrogens is 318 g/mol. The molecule has 1 heterocycles. The van der Waals surface area contributed by atoms with Gasteiger partial charge in [-0.3, -0.25) is 9.59 Å². The van der Waals surface area contributed by atoms with Gasteiger partial charge in [-0.1, -0.05) is 0 Å². The standard InChI is InChI=1S/C11H14BrN3O4/c1-2-15-5-6(12)3-8(15)10(17)14-7(11(18)19)4-9(13)16/h3,5,7H,2,4H2,1H3,(H2,13,16)(H,14,17)(H,18,19)/t7-/m1/s1. The molecule has 4 N–H and O–H groups in total. The fourth-order valence-corrected chi connectivity index (χ4v) is 2.02. The molecule has 8 heteroatoms. The van der Waals surface area contributed by atoms with Crippen molar-refractivity contribution in [3.05, 3.63) is 22.4 Å². The molecule has 0 unspecified atom stereocenters. The highest BCUT2D eigenvalue weighted by atomic mass is 79.9. The number of amides is 2. The zero-order chi connectivity index (χ0) is 14.6. The first-order chi connectivity index (χ1) is 8.85. The Kier molecular flexibility index (Phi) is 5.11. The second-order valence-electron chi connectivity index (χ2n) is 3.86. The molecule has 0 spiro atoms. The van der Waals surface area contributed by atoms with Crippen molar-refractivity contribution >= 4 is 33.7 Å². The minimum atomic E-state index is -1.33. The highest BCUT2D eigenvalue weighted by molar-refractivity contribution is 9.10. The second kappa shape index (κ2) is 6.37. The van der Waals surface area contributed by atoms with Crippen molar-refractivity contribution < 1.29 is 19.5 Å². The summed E-state index contributed by atoms with van der Waals surface area (Å²) in [6.07, 6.45) is 1.26. The summed E-state index contributed by atoms with van der Waals surface area (Å²) >= 11 is 3.24. The number of primary amides is 1. The number of halogens is 1. The molecule has 19 heavy (non-hydrogen) atoms. The van der Waals surface area contributed by atoms with Crippen LogP contribution in [0, 0.1) is 0 Å². The van der Waals surface area contributed by atoms with E-state index in [2.05, 4.69) is 21.2 Å². The molecule has 2 amide bonds. The zero-order valence-electron chi connectivity index (χ0n) is 10.2. The number of carbonyl (C=O) groups is 3. The molecule has 0 saturated carbocycles. The van der Waals surface area contributed by atoms with Gasteiger partial charge in [-0.15, -0.1) is 0 Å². The largest absolute Gasteiger partial charge is 0.480 e. The Hall–Kier alpha value is -1.83. The molecule has 0 fully saturated rings. The third kappa shape index (κ3) is 4.09. The van der Waals surface area contributed by atoms with Crippen molar-refractivity contribution in [2.75, 3.05) is 0 Å². The van der Waals surface area contributed by atoms with Crippen molar-refractivity contribution in [1.82, 2.24) is 9.88 Å². The highest BCUT2D eigenvalue weighted by Crippen LogP contribution is 2.15. The van der Waals surface area contributed by atoms with Crippen molar-refractivity contribution in [3.63, 3.8) is 0 Å². The maximum Gasteiger partial charge on any atom is 0.326 e. The van der Waals surface area contributed by atoms with Crippen molar-refractivity contribution in [2.24, 2.45) is 5.73 Å². The van der Waals surface area contributed by atoms with E-state index in [9.17, 15) is 14.4 Å². The van der Waals surface area contributed by atoms with Crippen molar-refractivity contribution in [2.45, 2.75) is 25.9 Å². The van der Waals surface area contributed by atoms with Crippen LogP contribution in [0.5, 0.6) is 0 Å². The lowest BCUT2D eigenvalue weighted by molar-refractivity contribution is -0.140. The van der Waals surface area contributed by atoms with Gasteiger partial charge in [-0.25, -0.2) is 4.79 Å². The Bertz CT molecular complexity index is 512. The zero-order valence-corrected chi connectivity index (χ0v) is 11.8. The fourth-order valence-electron chi connectivity index (χ4n) is 1.56. The molecule has 0 aromatic carbocycles. The monoisotopic (exact) mass is 331 g/mol. The molecule has 0 aliphatic carbocycles. The van der Waals surface area contributed by atoms with Crippen LogP contribution >= 0.6 is 15.9 Å². The summed E-state index contributed by atoms with van der Waals surface area (Å²) in [5.41, 5.74) is 5.25. The number of aromatic nitrogens is 1. The summed E-state index contributed by atoms with van der Waals surface area (Å²) in [5, 5.41) is 11.2. The van der Waals surface area contributed by atoms with E-state index in [1.54, 1.807) is 16.8 Å². The maximum absolute atomic E-state index is 12.0. The predicted molar refractivity (Wildman–Crippen MR) is 70.5 cm³/mol. The van der Waals surface area contributed by atoms with E-state index in [0.29, 0.717) is 16.7 Å². The molecule has 1 aromatic rings. The molecule has 0 aliphatic rings. The van der Waals surface area contributed by atoms with Crippen LogP contribution in [0.25, 0.3) is 0 Å². The summed E-state index contributed by atoms with van der Waals surface area (Å²) < 4.78 is 2.36. The molecule has 0 radical (unpaired) electrons. The molecule has 1 aromatic heterocycles. The van der Waals surface area contributed by atoms with Crippen molar-refractivity contribution in [1.29, 1.82) is 0 Å². The van der Waals surface area contributed by atoms with Crippen LogP contribution in [-0.2, 0) is 16.1 Å². The number of hydrogen-bond donors (Lipinski definition) is 3. The lowest BCUT2D eigenvalue weighted by Gasteiger charge is -2.13. The van der Waals surface area contributed by atoms with Gasteiger partial charge >= 0.3 is 5.97 Å². The highest BCUT2D eigenvalue weighted by Gasteiger charge is 2.24. The Balaban J connectivity index is 2.87. The lowest BCUT2D eigenvalue weighted by Crippen LogP contribution is -2.43. The fraction of sp³-hybridized carbons (Fsp3) is 0.364. The van der Waals surface area contributed by atoms with Gasteiger partial charge in [-0.05, 0) is 28.9 Å². The average molecular weight is 332 g/mol. The predicted octanol–water partition coefficient (Wildman–Crippen LogP) is 0.329. The van der Waals surface area contributed by atoms with Crippen LogP contribution in [0.1, 0.15) is 23.8 Å². The van der Waals surface area contributed by atoms with Gasteiger partial charge in [0.15, 0.2) is 0 Å². The summed E-state index contributed by atoms with van der Waals surface area (Å²) in [7, 11) is 0. The number of aryl methyl sites for hydroxylation is 1. The van der Waals surface area contributed by atoms with E-state index in [4.69, 9.17) is 10.8 Å². The SMILES string of the molecule is CCn1cc(Br)cc1C(=O)N[C@H](CC(N)=O)C(=O)O. The summed E-state index contributed by atoms with van der Waals surface area (Å²) in [6.45, 7) is 2.41. The van der Waals surface area contributed by atoms with Crippen LogP contribution in [0.15, 0.2) is 16.7 Å². The van der Waals surface area contributed by atoms with E-state index < -0.39 is 30.2 Å². The molecular formula is C11H14BrN3O4. The number of aliphatic carboxylic acids is 1. The number of carboxylic acids is 1. The van der Waals surface area contributed by atoms with Gasteiger partial charge in [0.05, 0.1) is 6.42 Å². The van der Waals surface area contributed by atoms with Gasteiger partial charge in [-0.2, -0.15) is 0 Å². The van der Waals surface area contributed by atoms with E-state index >= 15 is 0 Å². The molecule has 0 bridgehead atoms. The molecule has 1 rings (SSSR count). The molecule has 7 nitrogen and oxygen atoms in total. The second-order valence-corrected chi connectivity index (χ2v) is 4.78. The number of nitrogens with one attached hydrogen (secondary N) is 1.